The zero-order valence-electron chi connectivity index (χ0n) is 41.2. The lowest BCUT2D eigenvalue weighted by molar-refractivity contribution is 0.0684. The number of rotatable bonds is 18. The number of hydrogen-bond acceptors (Lipinski definition) is 8. The molecule has 0 fully saturated rings. The second kappa shape index (κ2) is 37.0. The van der Waals surface area contributed by atoms with Crippen molar-refractivity contribution in [2.24, 2.45) is 11.5 Å². The van der Waals surface area contributed by atoms with E-state index in [0.717, 1.165) is 91.2 Å². The van der Waals surface area contributed by atoms with Gasteiger partial charge in [0.05, 0.1) is 35.5 Å². The predicted molar refractivity (Wildman–Crippen MR) is 280 cm³/mol. The molecule has 0 aromatic heterocycles. The van der Waals surface area contributed by atoms with E-state index in [2.05, 4.69) is 39.0 Å². The first-order chi connectivity index (χ1) is 33.7. The number of aliphatic hydroxyl groups excluding tert-OH is 2. The molecule has 6 aromatic carbocycles. The van der Waals surface area contributed by atoms with Crippen LogP contribution in [0.5, 0.6) is 0 Å². The van der Waals surface area contributed by atoms with E-state index in [0.29, 0.717) is 41.8 Å². The molecular weight excluding hydrogens is 885 g/mol. The molecule has 0 aliphatic carbocycles. The van der Waals surface area contributed by atoms with Crippen molar-refractivity contribution < 1.29 is 49.8 Å². The first-order valence-corrected chi connectivity index (χ1v) is 23.8. The van der Waals surface area contributed by atoms with E-state index in [1.165, 1.54) is 11.1 Å². The molecule has 0 saturated carbocycles. The highest BCUT2D eigenvalue weighted by atomic mass is 16.4. The number of carboxylic acid groups (broad SMARTS) is 4. The summed E-state index contributed by atoms with van der Waals surface area (Å²) in [6.07, 6.45) is 9.61. The molecule has 0 aliphatic rings. The molecule has 12 nitrogen and oxygen atoms in total. The summed E-state index contributed by atoms with van der Waals surface area (Å²) >= 11 is 0. The molecule has 0 amide bonds. The average Bonchev–Trinajstić information content (AvgIpc) is 3.36. The fraction of sp³-hybridized carbons (Fsp3) is 0.310. The lowest BCUT2D eigenvalue weighted by Gasteiger charge is -2.03. The molecule has 0 radical (unpaired) electrons. The van der Waals surface area contributed by atoms with Gasteiger partial charge in [-0.05, 0) is 133 Å². The third-order valence-corrected chi connectivity index (χ3v) is 10.3. The highest BCUT2D eigenvalue weighted by Gasteiger charge is 2.08. The summed E-state index contributed by atoms with van der Waals surface area (Å²) in [4.78, 5) is 42.4. The Bertz CT molecular complexity index is 2320. The van der Waals surface area contributed by atoms with Gasteiger partial charge < -0.3 is 42.1 Å². The van der Waals surface area contributed by atoms with E-state index >= 15 is 0 Å². The Hall–Kier alpha value is -6.96. The van der Waals surface area contributed by atoms with Crippen molar-refractivity contribution in [3.05, 3.63) is 212 Å². The second-order valence-electron chi connectivity index (χ2n) is 15.9. The highest BCUT2D eigenvalue weighted by Crippen LogP contribution is 2.13. The zero-order valence-corrected chi connectivity index (χ0v) is 41.2. The first-order valence-electron chi connectivity index (χ1n) is 23.8. The lowest BCUT2D eigenvalue weighted by atomic mass is 10.0. The van der Waals surface area contributed by atoms with Crippen molar-refractivity contribution >= 4 is 23.9 Å². The Labute approximate surface area is 414 Å². The molecule has 10 N–H and O–H groups in total. The Morgan fingerprint density at radius 3 is 1.11 bits per heavy atom. The summed E-state index contributed by atoms with van der Waals surface area (Å²) in [5.74, 6) is -3.47. The number of hydrogen-bond donors (Lipinski definition) is 8. The van der Waals surface area contributed by atoms with E-state index in [-0.39, 0.29) is 13.2 Å². The second-order valence-corrected chi connectivity index (χ2v) is 15.9. The monoisotopic (exact) mass is 959 g/mol. The molecule has 0 atom stereocenters. The van der Waals surface area contributed by atoms with Gasteiger partial charge in [0.15, 0.2) is 0 Å². The number of aryl methyl sites for hydroxylation is 4. The van der Waals surface area contributed by atoms with Gasteiger partial charge >= 0.3 is 23.9 Å². The highest BCUT2D eigenvalue weighted by molar-refractivity contribution is 5.90. The van der Waals surface area contributed by atoms with Gasteiger partial charge in [-0.2, -0.15) is 0 Å². The van der Waals surface area contributed by atoms with Crippen molar-refractivity contribution in [2.75, 3.05) is 13.1 Å². The van der Waals surface area contributed by atoms with Crippen molar-refractivity contribution in [2.45, 2.75) is 105 Å². The number of nitrogens with two attached hydrogens (primary N) is 2. The fourth-order valence-electron chi connectivity index (χ4n) is 6.89. The Balaban J connectivity index is 0.000000420. The summed E-state index contributed by atoms with van der Waals surface area (Å²) in [5.41, 5.74) is 20.6. The van der Waals surface area contributed by atoms with E-state index in [1.807, 2.05) is 67.6 Å². The first kappa shape index (κ1) is 61.1. The maximum atomic E-state index is 10.7. The maximum absolute atomic E-state index is 10.7. The van der Waals surface area contributed by atoms with Gasteiger partial charge in [-0.25, -0.2) is 19.2 Å². The van der Waals surface area contributed by atoms with Crippen LogP contribution in [0.2, 0.25) is 0 Å². The number of aromatic carboxylic acids is 4. The molecule has 0 heterocycles. The SMILES string of the molecule is CCCc1cccc(C(=O)O)c1.CCCc1cccc(CO)c1.CCCc1ccccc1C(=O)O.CCCc1ccccc1CO.NCCc1cccc(C(=O)O)c1.NCCc1ccccc1C(=O)O. The van der Waals surface area contributed by atoms with Crippen LogP contribution in [-0.2, 0) is 51.7 Å². The minimum absolute atomic E-state index is 0.150. The number of carbonyl (C=O) groups is 4. The number of aliphatic hydroxyl groups is 2. The van der Waals surface area contributed by atoms with Gasteiger partial charge in [0, 0.05) is 0 Å². The molecule has 6 aromatic rings. The normalized spacial score (nSPS) is 9.83. The topological polar surface area (TPSA) is 242 Å². The average molecular weight is 959 g/mol. The molecule has 0 spiro atoms. The Morgan fingerprint density at radius 1 is 0.357 bits per heavy atom. The minimum atomic E-state index is -0.895. The van der Waals surface area contributed by atoms with Crippen LogP contribution < -0.4 is 11.5 Å². The third-order valence-electron chi connectivity index (χ3n) is 10.3. The Kier molecular flexibility index (Phi) is 32.3. The van der Waals surface area contributed by atoms with E-state index in [4.69, 9.17) is 42.1 Å². The summed E-state index contributed by atoms with van der Waals surface area (Å²) in [7, 11) is 0. The summed E-state index contributed by atoms with van der Waals surface area (Å²) in [5, 5.41) is 52.6. The summed E-state index contributed by atoms with van der Waals surface area (Å²) < 4.78 is 0. The van der Waals surface area contributed by atoms with Gasteiger partial charge in [-0.3, -0.25) is 0 Å². The van der Waals surface area contributed by atoms with E-state index in [9.17, 15) is 19.2 Å². The standard InChI is InChI=1S/2C10H12O2.2C10H14O.2C9H11NO2/c1-2-5-8-6-3-4-7-9(8)10(11)12;1-2-4-8-5-3-6-9(7-8)10(11)12;1-2-5-9-6-3-4-7-10(9)8-11;1-2-4-9-5-3-6-10(7-9)8-11;10-5-4-7-2-1-3-8(6-7)9(11)12;10-6-5-7-3-1-2-4-8(7)9(11)12/h3-4,6-7H,2,5H2,1H3,(H,11,12);3,5-7H,2,4H2,1H3,(H,11,12);3-4,6-7,11H,2,5,8H2,1H3;3,5-7,11H,2,4,8H2,1H3;1-3,6H,4-5,10H2,(H,11,12);1-4H,5-6,10H2,(H,11,12). The van der Waals surface area contributed by atoms with Gasteiger partial charge in [0.2, 0.25) is 0 Å². The molecule has 0 unspecified atom stereocenters. The van der Waals surface area contributed by atoms with Crippen LogP contribution in [-0.4, -0.2) is 67.6 Å². The van der Waals surface area contributed by atoms with Crippen LogP contribution in [0.25, 0.3) is 0 Å². The van der Waals surface area contributed by atoms with Crippen LogP contribution in [0.4, 0.5) is 0 Å². The smallest absolute Gasteiger partial charge is 0.335 e. The predicted octanol–water partition coefficient (Wildman–Crippen LogP) is 10.7. The van der Waals surface area contributed by atoms with Gasteiger partial charge in [-0.15, -0.1) is 0 Å². The van der Waals surface area contributed by atoms with Crippen LogP contribution in [0.15, 0.2) is 146 Å². The molecular formula is C58H74N2O10. The number of carboxylic acids is 4. The van der Waals surface area contributed by atoms with E-state index in [1.54, 1.807) is 66.7 Å². The molecule has 0 aliphatic heterocycles. The van der Waals surface area contributed by atoms with Crippen LogP contribution >= 0.6 is 0 Å². The van der Waals surface area contributed by atoms with Crippen molar-refractivity contribution in [3.63, 3.8) is 0 Å². The van der Waals surface area contributed by atoms with Gasteiger partial charge in [0.25, 0.3) is 0 Å². The van der Waals surface area contributed by atoms with Crippen LogP contribution in [0.1, 0.15) is 139 Å². The largest absolute Gasteiger partial charge is 0.478 e. The Morgan fingerprint density at radius 2 is 0.714 bits per heavy atom. The van der Waals surface area contributed by atoms with Crippen molar-refractivity contribution in [3.8, 4) is 0 Å². The molecule has 12 heteroatoms. The van der Waals surface area contributed by atoms with Crippen LogP contribution in [0, 0.1) is 0 Å². The molecule has 0 saturated heterocycles. The fourth-order valence-corrected chi connectivity index (χ4v) is 6.89. The van der Waals surface area contributed by atoms with Crippen molar-refractivity contribution in [1.82, 2.24) is 0 Å². The van der Waals surface area contributed by atoms with Crippen LogP contribution in [0.3, 0.4) is 0 Å². The minimum Gasteiger partial charge on any atom is -0.478 e. The lowest BCUT2D eigenvalue weighted by Crippen LogP contribution is -2.08. The van der Waals surface area contributed by atoms with Gasteiger partial charge in [0.1, 0.15) is 0 Å². The molecule has 6 rings (SSSR count). The zero-order chi connectivity index (χ0) is 52.1. The van der Waals surface area contributed by atoms with E-state index < -0.39 is 23.9 Å². The van der Waals surface area contributed by atoms with Gasteiger partial charge in [-0.1, -0.05) is 163 Å². The molecule has 70 heavy (non-hydrogen) atoms. The molecule has 0 bridgehead atoms. The maximum Gasteiger partial charge on any atom is 0.335 e. The summed E-state index contributed by atoms with van der Waals surface area (Å²) in [6.45, 7) is 9.76. The molecule has 376 valence electrons. The van der Waals surface area contributed by atoms with Crippen molar-refractivity contribution in [1.29, 1.82) is 0 Å². The quantitative estimate of drug-likeness (QED) is 0.0401. The summed E-state index contributed by atoms with van der Waals surface area (Å²) in [6, 6.07) is 44.1. The number of benzene rings is 6. The third kappa shape index (κ3) is 24.9.